The zero-order valence-electron chi connectivity index (χ0n) is 55.4. The third-order valence-corrected chi connectivity index (χ3v) is 8.51. The van der Waals surface area contributed by atoms with E-state index in [-0.39, 0.29) is 0 Å². The van der Waals surface area contributed by atoms with Gasteiger partial charge in [0.25, 0.3) is 0 Å². The second kappa shape index (κ2) is 10.9. The van der Waals surface area contributed by atoms with E-state index in [1.807, 2.05) is 0 Å². The predicted molar refractivity (Wildman–Crippen MR) is 218 cm³/mol. The second-order valence-corrected chi connectivity index (χ2v) is 11.3. The number of benzene rings is 10. The van der Waals surface area contributed by atoms with Crippen molar-refractivity contribution in [2.24, 2.45) is 0 Å². The molecule has 1 heterocycles. The fourth-order valence-electron chi connectivity index (χ4n) is 6.39. The van der Waals surface area contributed by atoms with Gasteiger partial charge in [-0.25, -0.2) is 0 Å². The smallest absolute Gasteiger partial charge is 0.136 e. The van der Waals surface area contributed by atoms with E-state index in [0.717, 1.165) is 0 Å². The number of hydrogen-bond acceptors (Lipinski definition) is 1. The molecule has 236 valence electrons. The van der Waals surface area contributed by atoms with Crippen molar-refractivity contribution in [3.8, 4) is 33.4 Å². The molecule has 0 aliphatic heterocycles. The van der Waals surface area contributed by atoms with Crippen molar-refractivity contribution in [3.63, 3.8) is 0 Å². The lowest BCUT2D eigenvalue weighted by atomic mass is 9.83. The molecule has 11 aromatic rings. The molecule has 11 rings (SSSR count). The van der Waals surface area contributed by atoms with E-state index < -0.39 is 290 Å². The van der Waals surface area contributed by atoms with Crippen molar-refractivity contribution in [1.29, 1.82) is 0 Å². The van der Waals surface area contributed by atoms with Crippen LogP contribution < -0.4 is 0 Å². The third-order valence-electron chi connectivity index (χ3n) is 8.51. The fraction of sp³-hybridized carbons (Fsp3) is 0. The molecule has 1 heteroatoms. The van der Waals surface area contributed by atoms with Crippen LogP contribution >= 0.6 is 0 Å². The molecule has 0 spiro atoms. The van der Waals surface area contributed by atoms with Crippen LogP contribution in [0.25, 0.3) is 109 Å². The largest absolute Gasteiger partial charge is 0.456 e. The molecule has 0 aliphatic carbocycles. The quantitative estimate of drug-likeness (QED) is 0.170. The zero-order valence-corrected chi connectivity index (χ0v) is 25.4. The molecule has 0 unspecified atom stereocenters. The summed E-state index contributed by atoms with van der Waals surface area (Å²) in [6.07, 6.45) is 0. The van der Waals surface area contributed by atoms with Gasteiger partial charge < -0.3 is 4.42 Å². The van der Waals surface area contributed by atoms with Gasteiger partial charge in [0.1, 0.15) is 11.2 Å². The Labute approximate surface area is 336 Å². The summed E-state index contributed by atoms with van der Waals surface area (Å²) in [6, 6.07) is -28.7. The summed E-state index contributed by atoms with van der Waals surface area (Å²) in [5, 5.41) is -8.38. The van der Waals surface area contributed by atoms with E-state index >= 15 is 0 Å². The summed E-state index contributed by atoms with van der Waals surface area (Å²) in [5.74, 6) is 0. The molecule has 0 fully saturated rings. The SMILES string of the molecule is [2H]c1c([2H])c(-c2c([2H])c(-c3c4c([2H])c([2H])c([2H])c([2H])c4c(-c4c([2H])c([2H])c5c([2H])c([2H])c([2H])c([2H])c5c4[2H])c4c([2H])c([2H])c([2H])c([2H])c34)c3c([2H])c([2H])c([2H])c([2H])c3c2[2H])c2c(oc3c([2H])c4c([2H])c([2H])c([2H])c([2H])c4c([2H])c32)c1[2H]. The van der Waals surface area contributed by atoms with E-state index in [0.29, 0.717) is 0 Å². The van der Waals surface area contributed by atoms with E-state index in [9.17, 15) is 17.8 Å². The van der Waals surface area contributed by atoms with Crippen LogP contribution in [0.1, 0.15) is 41.1 Å². The van der Waals surface area contributed by atoms with Crippen LogP contribution in [0.15, 0.2) is 186 Å². The Kier molecular flexibility index (Phi) is 2.50. The summed E-state index contributed by atoms with van der Waals surface area (Å²) < 4.78 is 280. The number of furan rings is 1. The molecule has 0 saturated carbocycles. The fourth-order valence-corrected chi connectivity index (χ4v) is 6.39. The molecule has 0 N–H and O–H groups in total. The average Bonchev–Trinajstić information content (AvgIpc) is 2.49. The number of hydrogen-bond donors (Lipinski definition) is 0. The van der Waals surface area contributed by atoms with Crippen molar-refractivity contribution in [2.75, 3.05) is 0 Å². The molecule has 1 aromatic heterocycles. The first-order valence-corrected chi connectivity index (χ1v) is 15.2. The highest BCUT2D eigenvalue weighted by atomic mass is 16.3. The summed E-state index contributed by atoms with van der Waals surface area (Å²) in [6.45, 7) is 0. The normalized spacial score (nSPS) is 20.2. The van der Waals surface area contributed by atoms with Gasteiger partial charge in [-0.1, -0.05) is 145 Å². The molecule has 0 bridgehead atoms. The van der Waals surface area contributed by atoms with Crippen molar-refractivity contribution in [3.05, 3.63) is 181 Å². The van der Waals surface area contributed by atoms with Gasteiger partial charge in [-0.15, -0.1) is 0 Å². The Morgan fingerprint density at radius 1 is 0.314 bits per heavy atom. The van der Waals surface area contributed by atoms with Gasteiger partial charge in [-0.2, -0.15) is 0 Å². The van der Waals surface area contributed by atoms with Gasteiger partial charge in [-0.05, 0) is 123 Å². The average molecular weight is 677 g/mol. The molecule has 51 heavy (non-hydrogen) atoms. The van der Waals surface area contributed by atoms with Crippen molar-refractivity contribution >= 4 is 75.8 Å². The monoisotopic (exact) mass is 676 g/mol. The Morgan fingerprint density at radius 3 is 1.57 bits per heavy atom. The highest BCUT2D eigenvalue weighted by molar-refractivity contribution is 6.24. The topological polar surface area (TPSA) is 13.1 Å². The lowest BCUT2D eigenvalue weighted by molar-refractivity contribution is 0.669. The first kappa shape index (κ1) is 11.7. The van der Waals surface area contributed by atoms with E-state index in [1.54, 1.807) is 0 Å². The van der Waals surface area contributed by atoms with Gasteiger partial charge in [0.05, 0.1) is 41.1 Å². The maximum Gasteiger partial charge on any atom is 0.136 e. The maximum absolute atomic E-state index is 10.4. The molecule has 0 radical (unpaired) electrons. The minimum Gasteiger partial charge on any atom is -0.456 e. The minimum absolute atomic E-state index is 0.507. The van der Waals surface area contributed by atoms with Crippen LogP contribution in [-0.2, 0) is 0 Å². The van der Waals surface area contributed by atoms with Gasteiger partial charge in [-0.3, -0.25) is 0 Å². The van der Waals surface area contributed by atoms with Crippen LogP contribution in [0.5, 0.6) is 0 Å². The summed E-state index contributed by atoms with van der Waals surface area (Å²) in [5.41, 5.74) is -6.34. The van der Waals surface area contributed by atoms with E-state index in [1.165, 1.54) is 0 Å². The number of rotatable bonds is 3. The van der Waals surface area contributed by atoms with Gasteiger partial charge in [0.15, 0.2) is 0 Å². The lowest BCUT2D eigenvalue weighted by Gasteiger charge is -2.20. The Morgan fingerprint density at radius 2 is 0.863 bits per heavy atom. The highest BCUT2D eigenvalue weighted by Gasteiger charge is 2.20. The Balaban J connectivity index is 1.49. The molecule has 1 nitrogen and oxygen atoms in total. The summed E-state index contributed by atoms with van der Waals surface area (Å²) >= 11 is 0. The summed E-state index contributed by atoms with van der Waals surface area (Å²) in [4.78, 5) is 0. The van der Waals surface area contributed by atoms with Crippen LogP contribution in [0.2, 0.25) is 0 Å². The lowest BCUT2D eigenvalue weighted by Crippen LogP contribution is -1.92. The maximum atomic E-state index is 10.4. The van der Waals surface area contributed by atoms with Crippen molar-refractivity contribution in [2.45, 2.75) is 0 Å². The van der Waals surface area contributed by atoms with Gasteiger partial charge in [0.2, 0.25) is 0 Å². The standard InChI is InChI=1S/C50H30O/c1-2-13-32-26-36(25-24-31(32)12-1)48-40-18-7-9-20-42(40)49(43-21-10-8-19-41(43)48)44-29-37(27-35-16-5-6-17-38(35)44)39-22-11-23-46-50(39)45-28-33-14-3-4-15-34(33)30-47(45)51-46/h1-30H/i1D,2D,3D,4D,5D,6D,7D,8D,9D,10D,11D,12D,13D,14D,15D,16D,17D,18D,19D,20D,21D,22D,23D,24D,25D,26D,27D,28D,29D,30D. The minimum atomic E-state index is -1.13. The molecular formula is C50H30O. The Bertz CT molecular complexity index is 4850. The predicted octanol–water partition coefficient (Wildman–Crippen LogP) is 14.4. The summed E-state index contributed by atoms with van der Waals surface area (Å²) in [7, 11) is 0. The first-order valence-electron chi connectivity index (χ1n) is 30.2. The van der Waals surface area contributed by atoms with E-state index in [2.05, 4.69) is 0 Å². The molecule has 0 saturated heterocycles. The van der Waals surface area contributed by atoms with Crippen molar-refractivity contribution < 1.29 is 45.5 Å². The van der Waals surface area contributed by atoms with Crippen LogP contribution in [0.4, 0.5) is 0 Å². The van der Waals surface area contributed by atoms with Crippen LogP contribution in [0.3, 0.4) is 0 Å². The van der Waals surface area contributed by atoms with Crippen LogP contribution in [-0.4, -0.2) is 0 Å². The van der Waals surface area contributed by atoms with Crippen molar-refractivity contribution in [1.82, 2.24) is 0 Å². The first-order chi connectivity index (χ1) is 37.8. The molecule has 0 amide bonds. The third kappa shape index (κ3) is 4.28. The van der Waals surface area contributed by atoms with E-state index in [4.69, 9.17) is 27.7 Å². The highest BCUT2D eigenvalue weighted by Crippen LogP contribution is 2.47. The second-order valence-electron chi connectivity index (χ2n) is 11.3. The van der Waals surface area contributed by atoms with Gasteiger partial charge >= 0.3 is 0 Å². The number of fused-ring (bicyclic) bond motifs is 8. The van der Waals surface area contributed by atoms with Crippen LogP contribution in [0, 0.1) is 0 Å². The molecular weight excluding hydrogens is 617 g/mol. The molecule has 0 atom stereocenters. The molecule has 10 aromatic carbocycles. The van der Waals surface area contributed by atoms with Gasteiger partial charge in [0, 0.05) is 10.8 Å². The molecule has 0 aliphatic rings. The Hall–Kier alpha value is -6.70. The zero-order chi connectivity index (χ0) is 59.6.